The lowest BCUT2D eigenvalue weighted by atomic mass is 10.4. The molecule has 0 bridgehead atoms. The highest BCUT2D eigenvalue weighted by Crippen LogP contribution is 2.23. The van der Waals surface area contributed by atoms with Crippen LogP contribution >= 0.6 is 11.3 Å². The highest BCUT2D eigenvalue weighted by Gasteiger charge is 2.27. The lowest BCUT2D eigenvalue weighted by Gasteiger charge is -2.05. The maximum atomic E-state index is 11.9. The molecule has 0 aromatic carbocycles. The molecule has 0 saturated heterocycles. The van der Waals surface area contributed by atoms with Crippen LogP contribution in [0.15, 0.2) is 8.68 Å². The maximum absolute atomic E-state index is 11.9. The molecule has 1 rings (SSSR count). The molecule has 0 radical (unpaired) electrons. The second-order valence-electron chi connectivity index (χ2n) is 3.23. The van der Waals surface area contributed by atoms with Gasteiger partial charge < -0.3 is 0 Å². The summed E-state index contributed by atoms with van der Waals surface area (Å²) in [6.45, 7) is 5.18. The first kappa shape index (κ1) is 13.7. The summed E-state index contributed by atoms with van der Waals surface area (Å²) in [4.78, 5) is 0. The zero-order valence-electron chi connectivity index (χ0n) is 9.34. The van der Waals surface area contributed by atoms with Crippen molar-refractivity contribution in [1.29, 1.82) is 0 Å². The minimum atomic E-state index is -3.40. The van der Waals surface area contributed by atoms with Crippen LogP contribution in [0.1, 0.15) is 27.2 Å². The summed E-state index contributed by atoms with van der Waals surface area (Å²) in [6.07, 6.45) is 0.522. The number of nitrogens with zero attached hydrogens (tertiary/aromatic N) is 2. The standard InChI is InChI=1S/C8H14N2O3S3/c1-4-6(3)16(12,13)8-10-9-7(14-8)15(11)5-2/h6H,4-5H2,1-3H3. The fourth-order valence-electron chi connectivity index (χ4n) is 0.919. The van der Waals surface area contributed by atoms with E-state index in [1.807, 2.05) is 0 Å². The smallest absolute Gasteiger partial charge is 0.233 e. The molecule has 8 heteroatoms. The van der Waals surface area contributed by atoms with Crippen molar-refractivity contribution in [3.05, 3.63) is 0 Å². The van der Waals surface area contributed by atoms with Gasteiger partial charge in [-0.1, -0.05) is 25.2 Å². The van der Waals surface area contributed by atoms with Crippen molar-refractivity contribution in [3.8, 4) is 0 Å². The van der Waals surface area contributed by atoms with Gasteiger partial charge in [-0.2, -0.15) is 0 Å². The predicted octanol–water partition coefficient (Wildman–Crippen LogP) is 1.24. The Morgan fingerprint density at radius 1 is 1.38 bits per heavy atom. The number of aromatic nitrogens is 2. The van der Waals surface area contributed by atoms with E-state index in [0.717, 1.165) is 11.3 Å². The van der Waals surface area contributed by atoms with Crippen molar-refractivity contribution in [2.45, 2.75) is 41.1 Å². The molecule has 0 fully saturated rings. The molecule has 2 unspecified atom stereocenters. The third-order valence-corrected chi connectivity index (χ3v) is 7.42. The van der Waals surface area contributed by atoms with E-state index in [2.05, 4.69) is 10.2 Å². The quantitative estimate of drug-likeness (QED) is 0.812. The van der Waals surface area contributed by atoms with E-state index in [4.69, 9.17) is 0 Å². The van der Waals surface area contributed by atoms with Crippen LogP contribution in [0, 0.1) is 0 Å². The van der Waals surface area contributed by atoms with Gasteiger partial charge in [0.05, 0.1) is 16.0 Å². The SMILES string of the molecule is CCC(C)S(=O)(=O)c1nnc(S(=O)CC)s1. The molecule has 0 spiro atoms. The molecule has 0 saturated carbocycles. The Labute approximate surface area is 102 Å². The van der Waals surface area contributed by atoms with Gasteiger partial charge in [0.2, 0.25) is 18.5 Å². The highest BCUT2D eigenvalue weighted by atomic mass is 32.2. The average molecular weight is 282 g/mol. The van der Waals surface area contributed by atoms with E-state index in [9.17, 15) is 12.6 Å². The summed E-state index contributed by atoms with van der Waals surface area (Å²) >= 11 is 0.906. The van der Waals surface area contributed by atoms with E-state index < -0.39 is 25.9 Å². The van der Waals surface area contributed by atoms with Crippen LogP contribution in [0.2, 0.25) is 0 Å². The van der Waals surface area contributed by atoms with Crippen LogP contribution < -0.4 is 0 Å². The molecule has 2 atom stereocenters. The summed E-state index contributed by atoms with van der Waals surface area (Å²) in [5.41, 5.74) is 0. The van der Waals surface area contributed by atoms with Crippen molar-refractivity contribution >= 4 is 32.0 Å². The van der Waals surface area contributed by atoms with Gasteiger partial charge in [0.1, 0.15) is 0 Å². The molecule has 0 aliphatic heterocycles. The number of rotatable bonds is 5. The van der Waals surface area contributed by atoms with Crippen LogP contribution in [0.25, 0.3) is 0 Å². The number of hydrogen-bond donors (Lipinski definition) is 0. The van der Waals surface area contributed by atoms with Crippen LogP contribution in [0.5, 0.6) is 0 Å². The molecule has 0 N–H and O–H groups in total. The average Bonchev–Trinajstić information content (AvgIpc) is 2.76. The summed E-state index contributed by atoms with van der Waals surface area (Å²) in [5, 5.41) is 6.79. The molecule has 0 aliphatic rings. The third kappa shape index (κ3) is 2.67. The fraction of sp³-hybridized carbons (Fsp3) is 0.750. The van der Waals surface area contributed by atoms with Gasteiger partial charge in [0, 0.05) is 5.75 Å². The zero-order valence-corrected chi connectivity index (χ0v) is 11.8. The van der Waals surface area contributed by atoms with E-state index >= 15 is 0 Å². The predicted molar refractivity (Wildman–Crippen MR) is 63.8 cm³/mol. The Balaban J connectivity index is 3.07. The van der Waals surface area contributed by atoms with Gasteiger partial charge in [-0.3, -0.25) is 4.21 Å². The first-order valence-corrected chi connectivity index (χ1v) is 8.57. The second kappa shape index (κ2) is 5.33. The van der Waals surface area contributed by atoms with Gasteiger partial charge in [-0.25, -0.2) is 8.42 Å². The van der Waals surface area contributed by atoms with E-state index in [1.54, 1.807) is 20.8 Å². The summed E-state index contributed by atoms with van der Waals surface area (Å²) < 4.78 is 35.5. The van der Waals surface area contributed by atoms with Gasteiger partial charge in [0.25, 0.3) is 0 Å². The third-order valence-electron chi connectivity index (χ3n) is 2.19. The fourth-order valence-corrected chi connectivity index (χ4v) is 4.86. The normalized spacial score (nSPS) is 15.9. The Morgan fingerprint density at radius 2 is 2.00 bits per heavy atom. The van der Waals surface area contributed by atoms with Crippen molar-refractivity contribution in [2.24, 2.45) is 0 Å². The molecule has 5 nitrogen and oxygen atoms in total. The van der Waals surface area contributed by atoms with Crippen LogP contribution in [-0.4, -0.2) is 33.8 Å². The molecular weight excluding hydrogens is 268 g/mol. The Kier molecular flexibility index (Phi) is 4.57. The summed E-state index contributed by atoms with van der Waals surface area (Å²) in [5.74, 6) is 0.415. The highest BCUT2D eigenvalue weighted by molar-refractivity contribution is 7.94. The van der Waals surface area contributed by atoms with Crippen molar-refractivity contribution in [2.75, 3.05) is 5.75 Å². The summed E-state index contributed by atoms with van der Waals surface area (Å²) in [6, 6.07) is 0. The zero-order chi connectivity index (χ0) is 12.3. The Morgan fingerprint density at radius 3 is 2.50 bits per heavy atom. The second-order valence-corrected chi connectivity index (χ2v) is 8.66. The van der Waals surface area contributed by atoms with Crippen molar-refractivity contribution < 1.29 is 12.6 Å². The lowest BCUT2D eigenvalue weighted by Crippen LogP contribution is -2.16. The largest absolute Gasteiger partial charge is 0.252 e. The van der Waals surface area contributed by atoms with Crippen molar-refractivity contribution in [1.82, 2.24) is 10.2 Å². The van der Waals surface area contributed by atoms with Gasteiger partial charge in [0.15, 0.2) is 0 Å². The number of hydrogen-bond acceptors (Lipinski definition) is 6. The lowest BCUT2D eigenvalue weighted by molar-refractivity contribution is 0.578. The summed E-state index contributed by atoms with van der Waals surface area (Å²) in [7, 11) is -4.64. The molecule has 16 heavy (non-hydrogen) atoms. The van der Waals surface area contributed by atoms with E-state index in [-0.39, 0.29) is 8.68 Å². The molecule has 1 aromatic rings. The van der Waals surface area contributed by atoms with Gasteiger partial charge >= 0.3 is 0 Å². The van der Waals surface area contributed by atoms with E-state index in [0.29, 0.717) is 12.2 Å². The minimum absolute atomic E-state index is 0.0290. The monoisotopic (exact) mass is 282 g/mol. The first-order valence-electron chi connectivity index (χ1n) is 4.89. The van der Waals surface area contributed by atoms with Crippen LogP contribution in [0.4, 0.5) is 0 Å². The molecular formula is C8H14N2O3S3. The number of sulfone groups is 1. The Bertz CT molecular complexity index is 480. The molecule has 0 aliphatic carbocycles. The molecule has 0 amide bonds. The first-order chi connectivity index (χ1) is 7.43. The van der Waals surface area contributed by atoms with Gasteiger partial charge in [-0.15, -0.1) is 10.2 Å². The van der Waals surface area contributed by atoms with Crippen molar-refractivity contribution in [3.63, 3.8) is 0 Å². The van der Waals surface area contributed by atoms with Crippen LogP contribution in [-0.2, 0) is 20.6 Å². The Hall–Kier alpha value is -0.340. The van der Waals surface area contributed by atoms with E-state index in [1.165, 1.54) is 0 Å². The molecule has 92 valence electrons. The topological polar surface area (TPSA) is 77.0 Å². The minimum Gasteiger partial charge on any atom is -0.252 e. The van der Waals surface area contributed by atoms with Crippen LogP contribution in [0.3, 0.4) is 0 Å². The van der Waals surface area contributed by atoms with Gasteiger partial charge in [-0.05, 0) is 13.3 Å². The molecule has 1 aromatic heterocycles. The maximum Gasteiger partial charge on any atom is 0.233 e. The molecule has 1 heterocycles.